The van der Waals surface area contributed by atoms with Crippen molar-refractivity contribution in [1.82, 2.24) is 39.6 Å². The van der Waals surface area contributed by atoms with E-state index < -0.39 is 0 Å². The molecule has 6 rings (SSSR count). The summed E-state index contributed by atoms with van der Waals surface area (Å²) in [4.78, 5) is 7.09. The molecule has 4 aromatic rings. The Bertz CT molecular complexity index is 1590. The molecule has 6 heterocycles. The first kappa shape index (κ1) is 25.1. The highest BCUT2D eigenvalue weighted by Gasteiger charge is 2.31. The van der Waals surface area contributed by atoms with Gasteiger partial charge >= 0.3 is 0 Å². The molecule has 0 saturated carbocycles. The predicted octanol–water partition coefficient (Wildman–Crippen LogP) is 2.85. The minimum Gasteiger partial charge on any atom is -0.476 e. The molecule has 4 aromatic heterocycles. The Morgan fingerprint density at radius 2 is 2.21 bits per heavy atom. The summed E-state index contributed by atoms with van der Waals surface area (Å²) in [6.45, 7) is 5.66. The summed E-state index contributed by atoms with van der Waals surface area (Å²) in [6.07, 6.45) is 7.68. The zero-order valence-corrected chi connectivity index (χ0v) is 22.3. The lowest BCUT2D eigenvalue weighted by atomic mass is 10.1. The highest BCUT2D eigenvalue weighted by molar-refractivity contribution is 5.92. The number of nitrogens with one attached hydrogen (secondary N) is 1. The zero-order chi connectivity index (χ0) is 27.1. The van der Waals surface area contributed by atoms with Gasteiger partial charge in [-0.15, -0.1) is 5.10 Å². The Hall–Kier alpha value is -4.21. The van der Waals surface area contributed by atoms with Gasteiger partial charge in [-0.1, -0.05) is 0 Å². The fourth-order valence-corrected chi connectivity index (χ4v) is 5.55. The van der Waals surface area contributed by atoms with Gasteiger partial charge in [-0.05, 0) is 51.5 Å². The number of ether oxygens (including phenoxy) is 2. The number of aromatic amines is 1. The van der Waals surface area contributed by atoms with Crippen molar-refractivity contribution in [3.8, 4) is 29.1 Å². The molecule has 2 aliphatic rings. The number of nitrogens with zero attached hydrogens (tertiary/aromatic N) is 8. The van der Waals surface area contributed by atoms with E-state index in [1.54, 1.807) is 10.9 Å². The minimum absolute atomic E-state index is 0.0789. The molecule has 0 aliphatic carbocycles. The van der Waals surface area contributed by atoms with Crippen LogP contribution in [0.15, 0.2) is 12.3 Å². The smallest absolute Gasteiger partial charge is 0.241 e. The summed E-state index contributed by atoms with van der Waals surface area (Å²) in [5.74, 6) is 1.05. The Morgan fingerprint density at radius 1 is 1.33 bits per heavy atom. The number of nitriles is 1. The number of rotatable bonds is 4. The lowest BCUT2D eigenvalue weighted by molar-refractivity contribution is 0.154. The van der Waals surface area contributed by atoms with Crippen molar-refractivity contribution >= 4 is 23.1 Å². The third-order valence-electron chi connectivity index (χ3n) is 7.55. The third kappa shape index (κ3) is 4.43. The molecule has 0 amide bonds. The molecule has 2 aliphatic heterocycles. The van der Waals surface area contributed by atoms with Gasteiger partial charge in [-0.2, -0.15) is 15.5 Å². The number of aliphatic hydroxyl groups excluding tert-OH is 1. The van der Waals surface area contributed by atoms with E-state index in [1.165, 1.54) is 0 Å². The van der Waals surface area contributed by atoms with Gasteiger partial charge in [0.05, 0.1) is 58.3 Å². The quantitative estimate of drug-likeness (QED) is 0.408. The molecule has 2 bridgehead atoms. The molecular formula is C27H31N9O3. The van der Waals surface area contributed by atoms with E-state index >= 15 is 0 Å². The number of aromatic nitrogens is 7. The van der Waals surface area contributed by atoms with Crippen LogP contribution in [0.5, 0.6) is 11.8 Å². The monoisotopic (exact) mass is 529 g/mol. The molecule has 1 saturated heterocycles. The van der Waals surface area contributed by atoms with Crippen molar-refractivity contribution in [1.29, 1.82) is 5.26 Å². The van der Waals surface area contributed by atoms with Crippen LogP contribution in [0.1, 0.15) is 48.5 Å². The number of aliphatic hydroxyl groups is 1. The molecular weight excluding hydrogens is 498 g/mol. The first-order chi connectivity index (χ1) is 19.0. The van der Waals surface area contributed by atoms with Crippen molar-refractivity contribution < 1.29 is 14.6 Å². The Morgan fingerprint density at radius 3 is 3.03 bits per heavy atom. The van der Waals surface area contributed by atoms with Crippen LogP contribution in [0.3, 0.4) is 0 Å². The van der Waals surface area contributed by atoms with Crippen molar-refractivity contribution in [3.05, 3.63) is 34.9 Å². The first-order valence-electron chi connectivity index (χ1n) is 13.1. The van der Waals surface area contributed by atoms with Crippen LogP contribution in [0.4, 0.5) is 0 Å². The molecule has 12 nitrogen and oxygen atoms in total. The second kappa shape index (κ2) is 10.2. The Kier molecular flexibility index (Phi) is 6.54. The van der Waals surface area contributed by atoms with Gasteiger partial charge in [0.2, 0.25) is 11.8 Å². The van der Waals surface area contributed by atoms with Gasteiger partial charge in [0.1, 0.15) is 12.7 Å². The van der Waals surface area contributed by atoms with E-state index in [9.17, 15) is 10.4 Å². The number of fused-ring (bicyclic) bond motifs is 5. The van der Waals surface area contributed by atoms with Gasteiger partial charge in [0.15, 0.2) is 6.61 Å². The number of hydrogen-bond acceptors (Lipinski definition) is 9. The molecule has 0 aromatic carbocycles. The second-order valence-corrected chi connectivity index (χ2v) is 10.1. The summed E-state index contributed by atoms with van der Waals surface area (Å²) in [6, 6.07) is 3.94. The Balaban J connectivity index is 1.55. The van der Waals surface area contributed by atoms with Crippen LogP contribution in [0, 0.1) is 18.3 Å². The van der Waals surface area contributed by atoms with Crippen LogP contribution in [-0.2, 0) is 13.6 Å². The normalized spacial score (nSPS) is 18.9. The van der Waals surface area contributed by atoms with Crippen molar-refractivity contribution in [3.63, 3.8) is 0 Å². The maximum absolute atomic E-state index is 10.0. The maximum Gasteiger partial charge on any atom is 0.241 e. The molecule has 12 heteroatoms. The van der Waals surface area contributed by atoms with E-state index in [4.69, 9.17) is 14.5 Å². The lowest BCUT2D eigenvalue weighted by Gasteiger charge is -2.26. The van der Waals surface area contributed by atoms with E-state index in [0.717, 1.165) is 64.2 Å². The second-order valence-electron chi connectivity index (χ2n) is 10.1. The van der Waals surface area contributed by atoms with Crippen LogP contribution < -0.4 is 9.47 Å². The summed E-state index contributed by atoms with van der Waals surface area (Å²) < 4.78 is 15.8. The van der Waals surface area contributed by atoms with E-state index in [1.807, 2.05) is 49.9 Å². The van der Waals surface area contributed by atoms with Crippen molar-refractivity contribution in [2.24, 2.45) is 7.05 Å². The fraction of sp³-hybridized carbons (Fsp3) is 0.444. The number of hydrogen-bond donors (Lipinski definition) is 2. The zero-order valence-electron chi connectivity index (χ0n) is 22.3. The lowest BCUT2D eigenvalue weighted by Crippen LogP contribution is -2.35. The van der Waals surface area contributed by atoms with Crippen LogP contribution >= 0.6 is 0 Å². The van der Waals surface area contributed by atoms with Gasteiger partial charge in [-0.25, -0.2) is 4.68 Å². The average molecular weight is 530 g/mol. The van der Waals surface area contributed by atoms with E-state index in [-0.39, 0.29) is 25.3 Å². The molecule has 0 spiro atoms. The third-order valence-corrected chi connectivity index (χ3v) is 7.55. The van der Waals surface area contributed by atoms with Gasteiger partial charge in [-0.3, -0.25) is 19.7 Å². The van der Waals surface area contributed by atoms with Gasteiger partial charge in [0.25, 0.3) is 0 Å². The standard InChI is InChI=1S/C27H31N9O3/c1-16(14-37)36-24-13-35-9-4-5-18(35)15-39-27-25(17(2)32-34(27)3)22-11-20-21(30-31-23(20)12-29-22)7-6-19(24)26(33-36)38-10-8-28/h6-7,11-12,16,18,37H,4-5,9-10,13-15H2,1-3H3,(H,30,31)/b7-6+/t16-,18+/m0/s1. The summed E-state index contributed by atoms with van der Waals surface area (Å²) in [5, 5.41) is 37.0. The molecule has 2 atom stereocenters. The SMILES string of the molecule is Cc1nn(C)c2c1-c1cc3c(n[nH]c3cn1)/C=C/c1c(OCC#N)nn([C@@H](C)CO)c1CN1CCC[C@@H]1CO2. The minimum atomic E-state index is -0.272. The molecule has 0 radical (unpaired) electrons. The number of H-pyrrole nitrogens is 1. The maximum atomic E-state index is 10.0. The summed E-state index contributed by atoms with van der Waals surface area (Å²) in [7, 11) is 1.89. The number of aryl methyl sites for hydroxylation is 2. The van der Waals surface area contributed by atoms with Crippen LogP contribution in [0.25, 0.3) is 34.3 Å². The Labute approximate surface area is 225 Å². The summed E-state index contributed by atoms with van der Waals surface area (Å²) >= 11 is 0. The molecule has 2 N–H and O–H groups in total. The topological polar surface area (TPSA) is 143 Å². The predicted molar refractivity (Wildman–Crippen MR) is 144 cm³/mol. The molecule has 0 unspecified atom stereocenters. The molecule has 202 valence electrons. The average Bonchev–Trinajstić information content (AvgIpc) is 3.69. The highest BCUT2D eigenvalue weighted by Crippen LogP contribution is 2.36. The fourth-order valence-electron chi connectivity index (χ4n) is 5.55. The first-order valence-corrected chi connectivity index (χ1v) is 13.1. The molecule has 39 heavy (non-hydrogen) atoms. The van der Waals surface area contributed by atoms with Crippen LogP contribution in [-0.4, -0.2) is 77.2 Å². The van der Waals surface area contributed by atoms with Crippen molar-refractivity contribution in [2.45, 2.75) is 45.3 Å². The number of pyridine rings is 1. The van der Waals surface area contributed by atoms with Gasteiger partial charge < -0.3 is 14.6 Å². The largest absolute Gasteiger partial charge is 0.476 e. The van der Waals surface area contributed by atoms with Crippen molar-refractivity contribution in [2.75, 3.05) is 26.4 Å². The highest BCUT2D eigenvalue weighted by atomic mass is 16.5. The van der Waals surface area contributed by atoms with Gasteiger partial charge in [0, 0.05) is 25.0 Å². The molecule has 1 fully saturated rings. The summed E-state index contributed by atoms with van der Waals surface area (Å²) in [5.41, 5.74) is 5.68. The van der Waals surface area contributed by atoms with E-state index in [2.05, 4.69) is 25.3 Å². The van der Waals surface area contributed by atoms with Crippen LogP contribution in [0.2, 0.25) is 0 Å². The van der Waals surface area contributed by atoms with E-state index in [0.29, 0.717) is 24.9 Å².